The third kappa shape index (κ3) is 5.34. The molecule has 0 aliphatic carbocycles. The van der Waals surface area contributed by atoms with E-state index in [0.29, 0.717) is 28.7 Å². The number of carbonyl (C=O) groups is 1. The van der Waals surface area contributed by atoms with Crippen molar-refractivity contribution >= 4 is 34.8 Å². The van der Waals surface area contributed by atoms with E-state index in [1.807, 2.05) is 25.2 Å². The molecule has 5 heteroatoms. The molecule has 2 aromatic carbocycles. The monoisotopic (exact) mass is 336 g/mol. The lowest BCUT2D eigenvalue weighted by atomic mass is 10.2. The fourth-order valence-corrected chi connectivity index (χ4v) is 2.36. The standard InChI is InChI=1S/C17H18Cl2N2O/c1-21(12-13-5-3-2-4-6-13)10-9-17(22)20-14-7-8-15(18)16(19)11-14/h2-8,11H,9-10,12H2,1H3,(H,20,22). The van der Waals surface area contributed by atoms with Crippen LogP contribution in [0, 0.1) is 0 Å². The predicted molar refractivity (Wildman–Crippen MR) is 92.5 cm³/mol. The summed E-state index contributed by atoms with van der Waals surface area (Å²) in [7, 11) is 2.00. The van der Waals surface area contributed by atoms with Gasteiger partial charge in [-0.1, -0.05) is 53.5 Å². The van der Waals surface area contributed by atoms with Gasteiger partial charge in [0.2, 0.25) is 5.91 Å². The number of benzene rings is 2. The Kier molecular flexibility index (Phi) is 6.25. The zero-order chi connectivity index (χ0) is 15.9. The van der Waals surface area contributed by atoms with Crippen LogP contribution < -0.4 is 5.32 Å². The van der Waals surface area contributed by atoms with Crippen LogP contribution in [0.5, 0.6) is 0 Å². The SMILES string of the molecule is CN(CCC(=O)Nc1ccc(Cl)c(Cl)c1)Cc1ccccc1. The Hall–Kier alpha value is -1.55. The summed E-state index contributed by atoms with van der Waals surface area (Å²) in [5.41, 5.74) is 1.89. The molecule has 0 unspecified atom stereocenters. The molecule has 116 valence electrons. The molecule has 3 nitrogen and oxygen atoms in total. The highest BCUT2D eigenvalue weighted by molar-refractivity contribution is 6.42. The number of hydrogen-bond donors (Lipinski definition) is 1. The van der Waals surface area contributed by atoms with Crippen molar-refractivity contribution in [2.24, 2.45) is 0 Å². The smallest absolute Gasteiger partial charge is 0.225 e. The third-order valence-corrected chi connectivity index (χ3v) is 3.96. The highest BCUT2D eigenvalue weighted by atomic mass is 35.5. The first-order valence-corrected chi connectivity index (χ1v) is 7.77. The summed E-state index contributed by atoms with van der Waals surface area (Å²) in [6, 6.07) is 15.2. The number of halogens is 2. The minimum Gasteiger partial charge on any atom is -0.326 e. The van der Waals surface area contributed by atoms with Gasteiger partial charge in [-0.2, -0.15) is 0 Å². The van der Waals surface area contributed by atoms with Gasteiger partial charge in [0.1, 0.15) is 0 Å². The molecule has 0 bridgehead atoms. The van der Waals surface area contributed by atoms with Gasteiger partial charge in [0.25, 0.3) is 0 Å². The molecule has 0 aromatic heterocycles. The van der Waals surface area contributed by atoms with Crippen LogP contribution in [0.3, 0.4) is 0 Å². The van der Waals surface area contributed by atoms with Crippen LogP contribution >= 0.6 is 23.2 Å². The van der Waals surface area contributed by atoms with Crippen LogP contribution in [0.25, 0.3) is 0 Å². The van der Waals surface area contributed by atoms with E-state index in [1.54, 1.807) is 18.2 Å². The van der Waals surface area contributed by atoms with Crippen molar-refractivity contribution in [3.05, 3.63) is 64.1 Å². The molecule has 1 amide bonds. The summed E-state index contributed by atoms with van der Waals surface area (Å²) < 4.78 is 0. The van der Waals surface area contributed by atoms with Gasteiger partial charge >= 0.3 is 0 Å². The summed E-state index contributed by atoms with van der Waals surface area (Å²) >= 11 is 11.8. The Morgan fingerprint density at radius 1 is 1.09 bits per heavy atom. The molecule has 0 heterocycles. The molecule has 0 atom stereocenters. The molecule has 0 saturated heterocycles. The maximum Gasteiger partial charge on any atom is 0.225 e. The highest BCUT2D eigenvalue weighted by Crippen LogP contribution is 2.25. The molecule has 0 fully saturated rings. The summed E-state index contributed by atoms with van der Waals surface area (Å²) in [5.74, 6) is -0.0432. The van der Waals surface area contributed by atoms with Crippen molar-refractivity contribution in [3.63, 3.8) is 0 Å². The minimum atomic E-state index is -0.0432. The molecule has 0 saturated carbocycles. The average Bonchev–Trinajstić information content (AvgIpc) is 2.50. The normalized spacial score (nSPS) is 10.7. The topological polar surface area (TPSA) is 32.3 Å². The Labute approximate surface area is 140 Å². The number of anilines is 1. The van der Waals surface area contributed by atoms with Gasteiger partial charge in [-0.25, -0.2) is 0 Å². The van der Waals surface area contributed by atoms with Gasteiger partial charge in [-0.3, -0.25) is 4.79 Å². The number of nitrogens with one attached hydrogen (secondary N) is 1. The third-order valence-electron chi connectivity index (χ3n) is 3.22. The number of hydrogen-bond acceptors (Lipinski definition) is 2. The quantitative estimate of drug-likeness (QED) is 0.844. The first-order valence-electron chi connectivity index (χ1n) is 7.02. The number of rotatable bonds is 6. The predicted octanol–water partition coefficient (Wildman–Crippen LogP) is 4.45. The van der Waals surface area contributed by atoms with Crippen molar-refractivity contribution in [2.75, 3.05) is 18.9 Å². The first kappa shape index (κ1) is 16.8. The summed E-state index contributed by atoms with van der Waals surface area (Å²) in [6.45, 7) is 1.50. The van der Waals surface area contributed by atoms with Crippen LogP contribution in [0.15, 0.2) is 48.5 Å². The van der Waals surface area contributed by atoms with Crippen molar-refractivity contribution in [1.82, 2.24) is 4.90 Å². The fourth-order valence-electron chi connectivity index (χ4n) is 2.06. The lowest BCUT2D eigenvalue weighted by molar-refractivity contribution is -0.116. The maximum absolute atomic E-state index is 12.0. The number of carbonyl (C=O) groups excluding carboxylic acids is 1. The van der Waals surface area contributed by atoms with Crippen molar-refractivity contribution in [3.8, 4) is 0 Å². The molecular formula is C17H18Cl2N2O. The van der Waals surface area contributed by atoms with Gasteiger partial charge in [-0.15, -0.1) is 0 Å². The largest absolute Gasteiger partial charge is 0.326 e. The molecule has 1 N–H and O–H groups in total. The molecule has 0 aliphatic rings. The van der Waals surface area contributed by atoms with Gasteiger partial charge in [0.15, 0.2) is 0 Å². The van der Waals surface area contributed by atoms with Crippen LogP contribution in [0.1, 0.15) is 12.0 Å². The molecule has 0 aliphatic heterocycles. The zero-order valence-corrected chi connectivity index (χ0v) is 13.9. The molecule has 2 rings (SSSR count). The van der Waals surface area contributed by atoms with E-state index in [0.717, 1.165) is 6.54 Å². The van der Waals surface area contributed by atoms with Crippen molar-refractivity contribution < 1.29 is 4.79 Å². The second-order valence-electron chi connectivity index (χ2n) is 5.15. The average molecular weight is 337 g/mol. The van der Waals surface area contributed by atoms with E-state index in [2.05, 4.69) is 22.3 Å². The van der Waals surface area contributed by atoms with E-state index in [9.17, 15) is 4.79 Å². The van der Waals surface area contributed by atoms with Crippen molar-refractivity contribution in [2.45, 2.75) is 13.0 Å². The molecular weight excluding hydrogens is 319 g/mol. The van der Waals surface area contributed by atoms with E-state index in [-0.39, 0.29) is 5.91 Å². The summed E-state index contributed by atoms with van der Waals surface area (Å²) in [5, 5.41) is 3.73. The van der Waals surface area contributed by atoms with E-state index >= 15 is 0 Å². The van der Waals surface area contributed by atoms with E-state index in [4.69, 9.17) is 23.2 Å². The first-order chi connectivity index (χ1) is 10.5. The number of nitrogens with zero attached hydrogens (tertiary/aromatic N) is 1. The lowest BCUT2D eigenvalue weighted by Crippen LogP contribution is -2.24. The summed E-state index contributed by atoms with van der Waals surface area (Å²) in [4.78, 5) is 14.1. The molecule has 2 aromatic rings. The Morgan fingerprint density at radius 2 is 1.82 bits per heavy atom. The van der Waals surface area contributed by atoms with Gasteiger partial charge < -0.3 is 10.2 Å². The van der Waals surface area contributed by atoms with E-state index < -0.39 is 0 Å². The number of amides is 1. The Bertz CT molecular complexity index is 632. The van der Waals surface area contributed by atoms with Crippen LogP contribution in [0.2, 0.25) is 10.0 Å². The maximum atomic E-state index is 12.0. The van der Waals surface area contributed by atoms with Gasteiger partial charge in [-0.05, 0) is 30.8 Å². The second kappa shape index (κ2) is 8.18. The van der Waals surface area contributed by atoms with Crippen LogP contribution in [-0.2, 0) is 11.3 Å². The lowest BCUT2D eigenvalue weighted by Gasteiger charge is -2.16. The minimum absolute atomic E-state index is 0.0432. The zero-order valence-electron chi connectivity index (χ0n) is 12.4. The highest BCUT2D eigenvalue weighted by Gasteiger charge is 2.07. The van der Waals surface area contributed by atoms with Gasteiger partial charge in [0.05, 0.1) is 10.0 Å². The Balaban J connectivity index is 1.78. The van der Waals surface area contributed by atoms with Gasteiger partial charge in [0, 0.05) is 25.2 Å². The molecule has 22 heavy (non-hydrogen) atoms. The molecule has 0 radical (unpaired) electrons. The second-order valence-corrected chi connectivity index (χ2v) is 5.96. The van der Waals surface area contributed by atoms with Crippen molar-refractivity contribution in [1.29, 1.82) is 0 Å². The molecule has 0 spiro atoms. The van der Waals surface area contributed by atoms with Crippen LogP contribution in [0.4, 0.5) is 5.69 Å². The van der Waals surface area contributed by atoms with Crippen LogP contribution in [-0.4, -0.2) is 24.4 Å². The van der Waals surface area contributed by atoms with E-state index in [1.165, 1.54) is 5.56 Å². The fraction of sp³-hybridized carbons (Fsp3) is 0.235. The Morgan fingerprint density at radius 3 is 2.50 bits per heavy atom. The summed E-state index contributed by atoms with van der Waals surface area (Å²) in [6.07, 6.45) is 0.420.